The van der Waals surface area contributed by atoms with Crippen molar-refractivity contribution in [3.8, 4) is 0 Å². The lowest BCUT2D eigenvalue weighted by Gasteiger charge is -2.34. The van der Waals surface area contributed by atoms with Crippen LogP contribution in [0.3, 0.4) is 0 Å². The number of hydrogen-bond acceptors (Lipinski definition) is 3. The van der Waals surface area contributed by atoms with Crippen LogP contribution in [-0.2, 0) is 4.79 Å². The lowest BCUT2D eigenvalue weighted by molar-refractivity contribution is -0.134. The molecule has 1 aliphatic heterocycles. The Morgan fingerprint density at radius 2 is 1.89 bits per heavy atom. The Kier molecular flexibility index (Phi) is 5.60. The molecule has 0 radical (unpaired) electrons. The summed E-state index contributed by atoms with van der Waals surface area (Å²) in [6.45, 7) is 7.12. The number of piperidine rings is 1. The number of hydrogen-bond donors (Lipinski definition) is 2. The fraction of sp³-hybridized carbons (Fsp3) is 0.846. The van der Waals surface area contributed by atoms with Gasteiger partial charge in [0.2, 0.25) is 5.91 Å². The van der Waals surface area contributed by atoms with Crippen molar-refractivity contribution in [2.45, 2.75) is 39.8 Å². The fourth-order valence-electron chi connectivity index (χ4n) is 2.16. The molecule has 1 atom stereocenters. The average molecular weight is 271 g/mol. The van der Waals surface area contributed by atoms with E-state index in [1.807, 2.05) is 13.8 Å². The number of nitrogens with two attached hydrogens (primary N) is 1. The standard InChI is InChI=1S/C13H25N3O3/c1-9(2)12(14)16(13(18)19)8-11(17)15-6-4-10(3)5-7-15/h9-10,12H,4-8,14H2,1-3H3,(H,18,19). The van der Waals surface area contributed by atoms with E-state index in [0.717, 1.165) is 17.7 Å². The monoisotopic (exact) mass is 271 g/mol. The summed E-state index contributed by atoms with van der Waals surface area (Å²) in [6.07, 6.45) is 0.175. The lowest BCUT2D eigenvalue weighted by Crippen LogP contribution is -2.53. The Labute approximate surface area is 114 Å². The average Bonchev–Trinajstić information content (AvgIpc) is 2.35. The van der Waals surface area contributed by atoms with Crippen LogP contribution in [0.5, 0.6) is 0 Å². The van der Waals surface area contributed by atoms with Crippen LogP contribution in [0.1, 0.15) is 33.6 Å². The number of carboxylic acid groups (broad SMARTS) is 1. The summed E-state index contributed by atoms with van der Waals surface area (Å²) < 4.78 is 0. The summed E-state index contributed by atoms with van der Waals surface area (Å²) in [5.41, 5.74) is 5.84. The van der Waals surface area contributed by atoms with Gasteiger partial charge in [-0.1, -0.05) is 20.8 Å². The molecule has 110 valence electrons. The second-order valence-electron chi connectivity index (χ2n) is 5.71. The molecule has 1 unspecified atom stereocenters. The van der Waals surface area contributed by atoms with Gasteiger partial charge in [-0.3, -0.25) is 9.69 Å². The second-order valence-corrected chi connectivity index (χ2v) is 5.71. The molecule has 1 heterocycles. The molecule has 2 amide bonds. The zero-order valence-electron chi connectivity index (χ0n) is 12.0. The fourth-order valence-corrected chi connectivity index (χ4v) is 2.16. The molecular weight excluding hydrogens is 246 g/mol. The van der Waals surface area contributed by atoms with Crippen molar-refractivity contribution in [1.29, 1.82) is 0 Å². The number of carbonyl (C=O) groups excluding carboxylic acids is 1. The van der Waals surface area contributed by atoms with Gasteiger partial charge in [0.1, 0.15) is 6.54 Å². The zero-order valence-corrected chi connectivity index (χ0v) is 12.0. The van der Waals surface area contributed by atoms with Crippen LogP contribution in [0.4, 0.5) is 4.79 Å². The van der Waals surface area contributed by atoms with Crippen molar-refractivity contribution in [1.82, 2.24) is 9.80 Å². The SMILES string of the molecule is CC1CCN(C(=O)CN(C(=O)O)C(N)C(C)C)CC1. The van der Waals surface area contributed by atoms with Crippen molar-refractivity contribution in [3.05, 3.63) is 0 Å². The second kappa shape index (κ2) is 6.75. The van der Waals surface area contributed by atoms with E-state index < -0.39 is 12.3 Å². The van der Waals surface area contributed by atoms with Gasteiger partial charge in [0, 0.05) is 13.1 Å². The number of rotatable bonds is 4. The van der Waals surface area contributed by atoms with Gasteiger partial charge in [0.25, 0.3) is 0 Å². The Balaban J connectivity index is 2.59. The molecule has 0 aliphatic carbocycles. The highest BCUT2D eigenvalue weighted by atomic mass is 16.4. The molecule has 19 heavy (non-hydrogen) atoms. The maximum absolute atomic E-state index is 12.1. The smallest absolute Gasteiger partial charge is 0.409 e. The van der Waals surface area contributed by atoms with Gasteiger partial charge < -0.3 is 15.7 Å². The van der Waals surface area contributed by atoms with E-state index in [2.05, 4.69) is 6.92 Å². The molecular formula is C13H25N3O3. The predicted octanol–water partition coefficient (Wildman–Crippen LogP) is 1.17. The number of nitrogens with zero attached hydrogens (tertiary/aromatic N) is 2. The zero-order chi connectivity index (χ0) is 14.6. The van der Waals surface area contributed by atoms with Crippen molar-refractivity contribution in [3.63, 3.8) is 0 Å². The molecule has 0 aromatic rings. The maximum Gasteiger partial charge on any atom is 0.409 e. The minimum absolute atomic E-state index is 0.0229. The van der Waals surface area contributed by atoms with E-state index in [4.69, 9.17) is 10.8 Å². The largest absolute Gasteiger partial charge is 0.465 e. The van der Waals surface area contributed by atoms with Gasteiger partial charge in [-0.25, -0.2) is 4.79 Å². The quantitative estimate of drug-likeness (QED) is 0.751. The van der Waals surface area contributed by atoms with Crippen LogP contribution >= 0.6 is 0 Å². The summed E-state index contributed by atoms with van der Waals surface area (Å²) in [7, 11) is 0. The summed E-state index contributed by atoms with van der Waals surface area (Å²) in [6, 6.07) is 0. The van der Waals surface area contributed by atoms with Crippen LogP contribution in [-0.4, -0.2) is 52.7 Å². The minimum Gasteiger partial charge on any atom is -0.465 e. The molecule has 0 saturated carbocycles. The van der Waals surface area contributed by atoms with Crippen molar-refractivity contribution < 1.29 is 14.7 Å². The molecule has 1 rings (SSSR count). The Morgan fingerprint density at radius 1 is 1.37 bits per heavy atom. The van der Waals surface area contributed by atoms with E-state index in [1.54, 1.807) is 4.90 Å². The number of amides is 2. The van der Waals surface area contributed by atoms with Gasteiger partial charge in [-0.15, -0.1) is 0 Å². The Hall–Kier alpha value is -1.30. The molecule has 1 saturated heterocycles. The molecule has 1 aliphatic rings. The van der Waals surface area contributed by atoms with Crippen LogP contribution in [0, 0.1) is 11.8 Å². The Morgan fingerprint density at radius 3 is 2.32 bits per heavy atom. The molecule has 6 nitrogen and oxygen atoms in total. The molecule has 1 fully saturated rings. The molecule has 0 bridgehead atoms. The summed E-state index contributed by atoms with van der Waals surface area (Å²) in [4.78, 5) is 26.1. The summed E-state index contributed by atoms with van der Waals surface area (Å²) in [5.74, 6) is 0.466. The van der Waals surface area contributed by atoms with Crippen molar-refractivity contribution in [2.75, 3.05) is 19.6 Å². The third-order valence-corrected chi connectivity index (χ3v) is 3.73. The van der Waals surface area contributed by atoms with E-state index in [9.17, 15) is 9.59 Å². The van der Waals surface area contributed by atoms with Gasteiger partial charge in [0.15, 0.2) is 0 Å². The molecule has 0 spiro atoms. The van der Waals surface area contributed by atoms with Crippen LogP contribution in [0.25, 0.3) is 0 Å². The van der Waals surface area contributed by atoms with E-state index in [1.165, 1.54) is 0 Å². The highest BCUT2D eigenvalue weighted by Gasteiger charge is 2.28. The number of carbonyl (C=O) groups is 2. The van der Waals surface area contributed by atoms with E-state index >= 15 is 0 Å². The molecule has 6 heteroatoms. The van der Waals surface area contributed by atoms with Gasteiger partial charge in [-0.05, 0) is 24.7 Å². The highest BCUT2D eigenvalue weighted by Crippen LogP contribution is 2.16. The normalized spacial score (nSPS) is 18.5. The first-order chi connectivity index (χ1) is 8.82. The van der Waals surface area contributed by atoms with Crippen molar-refractivity contribution >= 4 is 12.0 Å². The summed E-state index contributed by atoms with van der Waals surface area (Å²) in [5, 5.41) is 9.16. The van der Waals surface area contributed by atoms with Gasteiger partial charge in [-0.2, -0.15) is 0 Å². The van der Waals surface area contributed by atoms with E-state index in [-0.39, 0.29) is 18.4 Å². The third kappa shape index (κ3) is 4.38. The topological polar surface area (TPSA) is 86.9 Å². The third-order valence-electron chi connectivity index (χ3n) is 3.73. The van der Waals surface area contributed by atoms with Crippen LogP contribution < -0.4 is 5.73 Å². The molecule has 0 aromatic heterocycles. The first kappa shape index (κ1) is 15.8. The van der Waals surface area contributed by atoms with Crippen LogP contribution in [0.2, 0.25) is 0 Å². The van der Waals surface area contributed by atoms with Crippen LogP contribution in [0.15, 0.2) is 0 Å². The highest BCUT2D eigenvalue weighted by molar-refractivity contribution is 5.82. The van der Waals surface area contributed by atoms with E-state index in [0.29, 0.717) is 19.0 Å². The lowest BCUT2D eigenvalue weighted by atomic mass is 9.99. The molecule has 3 N–H and O–H groups in total. The summed E-state index contributed by atoms with van der Waals surface area (Å²) >= 11 is 0. The number of likely N-dealkylation sites (tertiary alicyclic amines) is 1. The first-order valence-electron chi connectivity index (χ1n) is 6.85. The van der Waals surface area contributed by atoms with Gasteiger partial charge in [0.05, 0.1) is 6.17 Å². The predicted molar refractivity (Wildman–Crippen MR) is 72.5 cm³/mol. The Bertz CT molecular complexity index is 325. The van der Waals surface area contributed by atoms with Gasteiger partial charge >= 0.3 is 6.09 Å². The molecule has 0 aromatic carbocycles. The first-order valence-corrected chi connectivity index (χ1v) is 6.85. The maximum atomic E-state index is 12.1. The minimum atomic E-state index is -1.14. The van der Waals surface area contributed by atoms with Crippen molar-refractivity contribution in [2.24, 2.45) is 17.6 Å².